The maximum Gasteiger partial charge on any atom is 0.237 e. The van der Waals surface area contributed by atoms with Gasteiger partial charge >= 0.3 is 0 Å². The fraction of sp³-hybridized carbons (Fsp3) is 0.632. The second kappa shape index (κ2) is 9.77. The van der Waals surface area contributed by atoms with Gasteiger partial charge in [0.15, 0.2) is 0 Å². The summed E-state index contributed by atoms with van der Waals surface area (Å²) in [5, 5.41) is 2.92. The summed E-state index contributed by atoms with van der Waals surface area (Å²) in [6.07, 6.45) is 1.66. The van der Waals surface area contributed by atoms with E-state index in [0.29, 0.717) is 6.54 Å². The summed E-state index contributed by atoms with van der Waals surface area (Å²) in [5.74, 6) is -0.0604. The van der Waals surface area contributed by atoms with E-state index in [4.69, 9.17) is 5.73 Å². The van der Waals surface area contributed by atoms with Gasteiger partial charge in [0.05, 0.1) is 6.04 Å². The highest BCUT2D eigenvalue weighted by molar-refractivity contribution is 5.81. The number of nitrogens with zero attached hydrogens (tertiary/aromatic N) is 2. The molecule has 0 saturated carbocycles. The minimum absolute atomic E-state index is 0.0604. The van der Waals surface area contributed by atoms with Gasteiger partial charge in [0.2, 0.25) is 5.91 Å². The number of benzene rings is 1. The topological polar surface area (TPSA) is 61.6 Å². The monoisotopic (exact) mass is 332 g/mol. The van der Waals surface area contributed by atoms with Crippen LogP contribution in [0.5, 0.6) is 0 Å². The van der Waals surface area contributed by atoms with Gasteiger partial charge in [-0.15, -0.1) is 0 Å². The van der Waals surface area contributed by atoms with Gasteiger partial charge in [-0.25, -0.2) is 0 Å². The zero-order chi connectivity index (χ0) is 17.4. The molecular formula is C19H32N4O. The summed E-state index contributed by atoms with van der Waals surface area (Å²) in [6.45, 7) is 11.6. The van der Waals surface area contributed by atoms with E-state index in [1.165, 1.54) is 18.7 Å². The first-order valence-corrected chi connectivity index (χ1v) is 9.18. The Morgan fingerprint density at radius 2 is 1.67 bits per heavy atom. The number of carbonyl (C=O) groups excluding carboxylic acids is 1. The molecule has 1 heterocycles. The zero-order valence-corrected chi connectivity index (χ0v) is 15.1. The molecule has 0 aromatic heterocycles. The molecule has 5 nitrogen and oxygen atoms in total. The minimum Gasteiger partial charge on any atom is -0.351 e. The second-order valence-electron chi connectivity index (χ2n) is 6.64. The Balaban J connectivity index is 1.75. The number of carbonyl (C=O) groups is 1. The minimum atomic E-state index is -0.393. The van der Waals surface area contributed by atoms with Gasteiger partial charge in [0, 0.05) is 39.3 Å². The van der Waals surface area contributed by atoms with Crippen LogP contribution in [-0.2, 0) is 17.9 Å². The summed E-state index contributed by atoms with van der Waals surface area (Å²) in [5.41, 5.74) is 8.27. The smallest absolute Gasteiger partial charge is 0.237 e. The van der Waals surface area contributed by atoms with Crippen molar-refractivity contribution in [3.63, 3.8) is 0 Å². The maximum atomic E-state index is 11.8. The number of hydrogen-bond donors (Lipinski definition) is 2. The molecule has 1 fully saturated rings. The Kier molecular flexibility index (Phi) is 7.69. The molecule has 1 amide bonds. The molecular weight excluding hydrogens is 300 g/mol. The molecule has 1 saturated heterocycles. The van der Waals surface area contributed by atoms with E-state index in [1.54, 1.807) is 0 Å². The summed E-state index contributed by atoms with van der Waals surface area (Å²) in [6, 6.07) is 8.14. The maximum absolute atomic E-state index is 11.8. The lowest BCUT2D eigenvalue weighted by molar-refractivity contribution is -0.122. The van der Waals surface area contributed by atoms with Crippen LogP contribution >= 0.6 is 0 Å². The van der Waals surface area contributed by atoms with Gasteiger partial charge in [-0.05, 0) is 24.1 Å². The third-order valence-electron chi connectivity index (χ3n) is 4.74. The average Bonchev–Trinajstić information content (AvgIpc) is 2.61. The van der Waals surface area contributed by atoms with E-state index in [9.17, 15) is 4.79 Å². The number of nitrogens with one attached hydrogen (secondary N) is 1. The van der Waals surface area contributed by atoms with Crippen LogP contribution in [-0.4, -0.2) is 54.5 Å². The van der Waals surface area contributed by atoms with Crippen molar-refractivity contribution in [2.45, 2.75) is 45.8 Å². The first-order valence-electron chi connectivity index (χ1n) is 9.18. The Bertz CT molecular complexity index is 495. The van der Waals surface area contributed by atoms with Gasteiger partial charge in [-0.3, -0.25) is 9.69 Å². The van der Waals surface area contributed by atoms with Crippen LogP contribution < -0.4 is 11.1 Å². The van der Waals surface area contributed by atoms with Crippen molar-refractivity contribution in [2.75, 3.05) is 32.7 Å². The number of rotatable bonds is 8. The molecule has 1 aliphatic heterocycles. The van der Waals surface area contributed by atoms with E-state index < -0.39 is 6.04 Å². The third kappa shape index (κ3) is 5.89. The molecule has 1 aromatic rings. The van der Waals surface area contributed by atoms with Crippen LogP contribution in [0.2, 0.25) is 0 Å². The van der Waals surface area contributed by atoms with Crippen LogP contribution in [0.1, 0.15) is 37.8 Å². The van der Waals surface area contributed by atoms with Crippen LogP contribution in [0.3, 0.4) is 0 Å². The average molecular weight is 332 g/mol. The normalized spacial score (nSPS) is 17.6. The highest BCUT2D eigenvalue weighted by atomic mass is 16.2. The predicted octanol–water partition coefficient (Wildman–Crippen LogP) is 1.57. The molecule has 1 aromatic carbocycles. The fourth-order valence-electron chi connectivity index (χ4n) is 3.05. The number of hydrogen-bond acceptors (Lipinski definition) is 4. The zero-order valence-electron chi connectivity index (χ0n) is 15.1. The van der Waals surface area contributed by atoms with Crippen LogP contribution in [0.15, 0.2) is 24.3 Å². The number of nitrogens with two attached hydrogens (primary N) is 1. The first-order chi connectivity index (χ1) is 11.6. The Labute approximate surface area is 146 Å². The first kappa shape index (κ1) is 18.9. The van der Waals surface area contributed by atoms with Crippen LogP contribution in [0, 0.1) is 0 Å². The molecule has 5 heteroatoms. The van der Waals surface area contributed by atoms with Crippen molar-refractivity contribution in [1.29, 1.82) is 0 Å². The molecule has 0 radical (unpaired) electrons. The second-order valence-corrected chi connectivity index (χ2v) is 6.64. The lowest BCUT2D eigenvalue weighted by atomic mass is 10.1. The molecule has 0 bridgehead atoms. The molecule has 2 rings (SSSR count). The number of amides is 1. The lowest BCUT2D eigenvalue weighted by Crippen LogP contribution is -2.45. The molecule has 1 atom stereocenters. The van der Waals surface area contributed by atoms with Gasteiger partial charge < -0.3 is 16.0 Å². The quantitative estimate of drug-likeness (QED) is 0.758. The SMILES string of the molecule is CCCC(N)C(=O)NCc1ccc(CN2CCN(CC)CC2)cc1. The van der Waals surface area contributed by atoms with Crippen molar-refractivity contribution >= 4 is 5.91 Å². The molecule has 0 aliphatic carbocycles. The van der Waals surface area contributed by atoms with E-state index in [-0.39, 0.29) is 5.91 Å². The van der Waals surface area contributed by atoms with Crippen molar-refractivity contribution in [1.82, 2.24) is 15.1 Å². The Morgan fingerprint density at radius 1 is 1.08 bits per heavy atom. The van der Waals surface area contributed by atoms with Crippen molar-refractivity contribution < 1.29 is 4.79 Å². The lowest BCUT2D eigenvalue weighted by Gasteiger charge is -2.34. The summed E-state index contributed by atoms with van der Waals surface area (Å²) >= 11 is 0. The largest absolute Gasteiger partial charge is 0.351 e. The Hall–Kier alpha value is -1.43. The fourth-order valence-corrected chi connectivity index (χ4v) is 3.05. The molecule has 134 valence electrons. The van der Waals surface area contributed by atoms with E-state index >= 15 is 0 Å². The van der Waals surface area contributed by atoms with Crippen LogP contribution in [0.4, 0.5) is 0 Å². The van der Waals surface area contributed by atoms with Gasteiger partial charge in [-0.1, -0.05) is 44.5 Å². The number of likely N-dealkylation sites (N-methyl/N-ethyl adjacent to an activating group) is 1. The predicted molar refractivity (Wildman–Crippen MR) is 98.6 cm³/mol. The van der Waals surface area contributed by atoms with E-state index in [1.807, 2.05) is 6.92 Å². The highest BCUT2D eigenvalue weighted by Gasteiger charge is 2.15. The highest BCUT2D eigenvalue weighted by Crippen LogP contribution is 2.10. The summed E-state index contributed by atoms with van der Waals surface area (Å²) in [7, 11) is 0. The molecule has 3 N–H and O–H groups in total. The van der Waals surface area contributed by atoms with Gasteiger partial charge in [0.1, 0.15) is 0 Å². The van der Waals surface area contributed by atoms with E-state index in [2.05, 4.69) is 46.3 Å². The van der Waals surface area contributed by atoms with Crippen LogP contribution in [0.25, 0.3) is 0 Å². The van der Waals surface area contributed by atoms with Crippen molar-refractivity contribution in [2.24, 2.45) is 5.73 Å². The molecule has 1 aliphatic rings. The molecule has 24 heavy (non-hydrogen) atoms. The van der Waals surface area contributed by atoms with Gasteiger partial charge in [-0.2, -0.15) is 0 Å². The van der Waals surface area contributed by atoms with Gasteiger partial charge in [0.25, 0.3) is 0 Å². The third-order valence-corrected chi connectivity index (χ3v) is 4.74. The standard InChI is InChI=1S/C19H32N4O/c1-3-5-18(20)19(24)21-14-16-6-8-17(9-7-16)15-23-12-10-22(4-2)11-13-23/h6-9,18H,3-5,10-15,20H2,1-2H3,(H,21,24). The summed E-state index contributed by atoms with van der Waals surface area (Å²) in [4.78, 5) is 16.8. The summed E-state index contributed by atoms with van der Waals surface area (Å²) < 4.78 is 0. The Morgan fingerprint density at radius 3 is 2.25 bits per heavy atom. The molecule has 0 spiro atoms. The number of piperazine rings is 1. The van der Waals surface area contributed by atoms with Crippen molar-refractivity contribution in [3.05, 3.63) is 35.4 Å². The van der Waals surface area contributed by atoms with E-state index in [0.717, 1.165) is 44.6 Å². The molecule has 1 unspecified atom stereocenters. The van der Waals surface area contributed by atoms with Crippen molar-refractivity contribution in [3.8, 4) is 0 Å².